The summed E-state index contributed by atoms with van der Waals surface area (Å²) < 4.78 is 0. The van der Waals surface area contributed by atoms with Crippen LogP contribution in [0.2, 0.25) is 0 Å². The SMILES string of the molecule is C=C/C=C(/CNC(=O)c1ccc2c(c1)N=C(/C(=C/C=C(\C)Cl)CC=C)c1ccccc1S2)C(=C)Cl. The molecule has 0 aromatic heterocycles. The Morgan fingerprint density at radius 2 is 1.86 bits per heavy atom. The summed E-state index contributed by atoms with van der Waals surface area (Å²) >= 11 is 13.7. The second kappa shape index (κ2) is 12.6. The highest BCUT2D eigenvalue weighted by Crippen LogP contribution is 2.42. The lowest BCUT2D eigenvalue weighted by Gasteiger charge is -2.11. The molecular weight excluding hydrogens is 495 g/mol. The van der Waals surface area contributed by atoms with Crippen molar-refractivity contribution in [1.82, 2.24) is 5.32 Å². The fourth-order valence-corrected chi connectivity index (χ4v) is 4.60. The minimum absolute atomic E-state index is 0.230. The third-order valence-corrected chi connectivity index (χ3v) is 6.61. The van der Waals surface area contributed by atoms with Gasteiger partial charge in [-0.15, -0.1) is 6.58 Å². The van der Waals surface area contributed by atoms with Gasteiger partial charge in [-0.2, -0.15) is 0 Å². The minimum Gasteiger partial charge on any atom is -0.348 e. The van der Waals surface area contributed by atoms with Gasteiger partial charge in [0.05, 0.1) is 11.4 Å². The number of allylic oxidation sites excluding steroid dienone is 7. The summed E-state index contributed by atoms with van der Waals surface area (Å²) in [5.41, 5.74) is 4.75. The predicted octanol–water partition coefficient (Wildman–Crippen LogP) is 8.51. The zero-order chi connectivity index (χ0) is 25.4. The molecule has 178 valence electrons. The molecule has 3 rings (SSSR count). The molecule has 1 amide bonds. The molecule has 0 fully saturated rings. The second-order valence-electron chi connectivity index (χ2n) is 7.69. The molecule has 0 saturated heterocycles. The molecule has 0 bridgehead atoms. The van der Waals surface area contributed by atoms with Crippen molar-refractivity contribution >= 4 is 52.3 Å². The molecule has 0 atom stereocenters. The average molecular weight is 522 g/mol. The van der Waals surface area contributed by atoms with Crippen molar-refractivity contribution < 1.29 is 4.79 Å². The molecular formula is C29H26Cl2N2OS. The van der Waals surface area contributed by atoms with Crippen molar-refractivity contribution in [2.24, 2.45) is 4.99 Å². The number of nitrogens with zero attached hydrogens (tertiary/aromatic N) is 1. The van der Waals surface area contributed by atoms with Crippen LogP contribution in [0.15, 0.2) is 129 Å². The van der Waals surface area contributed by atoms with Crippen LogP contribution in [0, 0.1) is 0 Å². The van der Waals surface area contributed by atoms with E-state index in [1.165, 1.54) is 0 Å². The van der Waals surface area contributed by atoms with Gasteiger partial charge in [-0.1, -0.05) is 90.6 Å². The standard InChI is InChI=1S/C29H26Cl2N2OS/c1-5-9-21(14-13-19(3)30)28-24-11-7-8-12-26(24)35-27-16-15-22(17-25(27)33-28)29(34)32-18-23(10-6-2)20(4)31/h5-8,10-17H,1-2,4,9,18H2,3H3,(H,32,34)/b19-13+,21-14+,23-10-. The van der Waals surface area contributed by atoms with Gasteiger partial charge in [0.15, 0.2) is 0 Å². The first-order valence-corrected chi connectivity index (χ1v) is 12.5. The number of hydrogen-bond donors (Lipinski definition) is 1. The Morgan fingerprint density at radius 1 is 1.09 bits per heavy atom. The third kappa shape index (κ3) is 6.98. The molecule has 0 unspecified atom stereocenters. The number of halogens is 2. The summed E-state index contributed by atoms with van der Waals surface area (Å²) in [6.07, 6.45) is 9.62. The number of aliphatic imine (C=N–C) groups is 1. The number of benzene rings is 2. The Hall–Kier alpha value is -3.05. The lowest BCUT2D eigenvalue weighted by atomic mass is 9.98. The predicted molar refractivity (Wildman–Crippen MR) is 151 cm³/mol. The van der Waals surface area contributed by atoms with Gasteiger partial charge in [-0.05, 0) is 54.8 Å². The van der Waals surface area contributed by atoms with E-state index in [1.807, 2.05) is 49.4 Å². The van der Waals surface area contributed by atoms with Crippen molar-refractivity contribution in [3.63, 3.8) is 0 Å². The Bertz CT molecular complexity index is 1300. The van der Waals surface area contributed by atoms with Gasteiger partial charge in [0, 0.05) is 37.5 Å². The molecule has 2 aromatic carbocycles. The first-order chi connectivity index (χ1) is 16.8. The maximum atomic E-state index is 12.9. The van der Waals surface area contributed by atoms with Crippen LogP contribution >= 0.6 is 35.0 Å². The van der Waals surface area contributed by atoms with Crippen molar-refractivity contribution in [3.8, 4) is 0 Å². The monoisotopic (exact) mass is 520 g/mol. The van der Waals surface area contributed by atoms with E-state index in [-0.39, 0.29) is 12.5 Å². The van der Waals surface area contributed by atoms with Crippen molar-refractivity contribution in [2.45, 2.75) is 23.1 Å². The molecule has 1 aliphatic rings. The number of carbonyl (C=O) groups is 1. The number of nitrogens with one attached hydrogen (secondary N) is 1. The number of rotatable bonds is 9. The van der Waals surface area contributed by atoms with E-state index < -0.39 is 0 Å². The van der Waals surface area contributed by atoms with Crippen molar-refractivity contribution in [2.75, 3.05) is 6.54 Å². The van der Waals surface area contributed by atoms with E-state index in [2.05, 4.69) is 37.2 Å². The number of amides is 1. The first kappa shape index (κ1) is 26.6. The topological polar surface area (TPSA) is 41.5 Å². The quantitative estimate of drug-likeness (QED) is 0.266. The van der Waals surface area contributed by atoms with Gasteiger partial charge < -0.3 is 5.32 Å². The number of hydrogen-bond acceptors (Lipinski definition) is 3. The molecule has 1 aliphatic heterocycles. The van der Waals surface area contributed by atoms with Crippen molar-refractivity contribution in [1.29, 1.82) is 0 Å². The zero-order valence-electron chi connectivity index (χ0n) is 19.5. The van der Waals surface area contributed by atoms with E-state index in [9.17, 15) is 4.79 Å². The fourth-order valence-electron chi connectivity index (χ4n) is 3.41. The smallest absolute Gasteiger partial charge is 0.251 e. The van der Waals surface area contributed by atoms with Gasteiger partial charge in [-0.3, -0.25) is 4.79 Å². The Kier molecular flexibility index (Phi) is 9.55. The van der Waals surface area contributed by atoms with Gasteiger partial charge in [0.1, 0.15) is 0 Å². The van der Waals surface area contributed by atoms with E-state index in [0.29, 0.717) is 27.6 Å². The van der Waals surface area contributed by atoms with E-state index in [1.54, 1.807) is 30.0 Å². The summed E-state index contributed by atoms with van der Waals surface area (Å²) in [5, 5.41) is 3.92. The Morgan fingerprint density at radius 3 is 2.54 bits per heavy atom. The molecule has 6 heteroatoms. The molecule has 1 heterocycles. The zero-order valence-corrected chi connectivity index (χ0v) is 21.8. The minimum atomic E-state index is -0.230. The van der Waals surface area contributed by atoms with Crippen molar-refractivity contribution in [3.05, 3.63) is 125 Å². The lowest BCUT2D eigenvalue weighted by molar-refractivity contribution is 0.0957. The molecule has 35 heavy (non-hydrogen) atoms. The highest BCUT2D eigenvalue weighted by molar-refractivity contribution is 7.99. The van der Waals surface area contributed by atoms with Crippen LogP contribution < -0.4 is 5.32 Å². The van der Waals surface area contributed by atoms with E-state index in [0.717, 1.165) is 32.3 Å². The largest absolute Gasteiger partial charge is 0.348 e. The van der Waals surface area contributed by atoms with Crippen LogP contribution in [-0.2, 0) is 0 Å². The van der Waals surface area contributed by atoms with Crippen LogP contribution in [0.4, 0.5) is 5.69 Å². The number of fused-ring (bicyclic) bond motifs is 2. The maximum Gasteiger partial charge on any atom is 0.251 e. The average Bonchev–Trinajstić information content (AvgIpc) is 3.00. The van der Waals surface area contributed by atoms with Crippen LogP contribution in [0.25, 0.3) is 0 Å². The molecule has 0 spiro atoms. The normalized spacial score (nSPS) is 13.7. The summed E-state index contributed by atoms with van der Waals surface area (Å²) in [6, 6.07) is 13.7. The Balaban J connectivity index is 2.05. The van der Waals surface area contributed by atoms with Gasteiger partial charge >= 0.3 is 0 Å². The lowest BCUT2D eigenvalue weighted by Crippen LogP contribution is -2.25. The molecule has 0 radical (unpaired) electrons. The van der Waals surface area contributed by atoms with Gasteiger partial charge in [0.2, 0.25) is 0 Å². The summed E-state index contributed by atoms with van der Waals surface area (Å²) in [7, 11) is 0. The molecule has 0 aliphatic carbocycles. The van der Waals surface area contributed by atoms with Gasteiger partial charge in [0.25, 0.3) is 5.91 Å². The molecule has 1 N–H and O–H groups in total. The van der Waals surface area contributed by atoms with Gasteiger partial charge in [-0.25, -0.2) is 4.99 Å². The summed E-state index contributed by atoms with van der Waals surface area (Å²) in [5.74, 6) is -0.230. The highest BCUT2D eigenvalue weighted by atomic mass is 35.5. The molecule has 0 saturated carbocycles. The maximum absolute atomic E-state index is 12.9. The third-order valence-electron chi connectivity index (χ3n) is 5.10. The second-order valence-corrected chi connectivity index (χ2v) is 9.83. The molecule has 2 aromatic rings. The first-order valence-electron chi connectivity index (χ1n) is 10.9. The van der Waals surface area contributed by atoms with E-state index in [4.69, 9.17) is 28.2 Å². The highest BCUT2D eigenvalue weighted by Gasteiger charge is 2.20. The van der Waals surface area contributed by atoms with Crippen LogP contribution in [0.1, 0.15) is 29.3 Å². The summed E-state index contributed by atoms with van der Waals surface area (Å²) in [6.45, 7) is 13.4. The summed E-state index contributed by atoms with van der Waals surface area (Å²) in [4.78, 5) is 20.0. The van der Waals surface area contributed by atoms with Crippen LogP contribution in [0.3, 0.4) is 0 Å². The fraction of sp³-hybridized carbons (Fsp3) is 0.103. The van der Waals surface area contributed by atoms with Crippen LogP contribution in [0.5, 0.6) is 0 Å². The Labute approximate surface area is 221 Å². The molecule has 3 nitrogen and oxygen atoms in total. The van der Waals surface area contributed by atoms with E-state index >= 15 is 0 Å². The number of carbonyl (C=O) groups excluding carboxylic acids is 1. The van der Waals surface area contributed by atoms with Crippen LogP contribution in [-0.4, -0.2) is 18.2 Å².